The number of carbonyl (C=O) groups is 3. The molecule has 0 saturated heterocycles. The molecule has 0 aliphatic carbocycles. The van der Waals surface area contributed by atoms with Gasteiger partial charge < -0.3 is 14.9 Å². The van der Waals surface area contributed by atoms with E-state index < -0.39 is 11.9 Å². The SMILES string of the molecule is CCCCCCCCCCCCOC(=O)CN(C)C.O=C(O)/C=C\C(=O)O. The number of ether oxygens (including phenoxy) is 1. The largest absolute Gasteiger partial charge is 0.478 e. The quantitative estimate of drug-likeness (QED) is 0.251. The number of carboxylic acids is 2. The van der Waals surface area contributed by atoms with Gasteiger partial charge in [-0.3, -0.25) is 9.69 Å². The van der Waals surface area contributed by atoms with E-state index in [4.69, 9.17) is 14.9 Å². The Morgan fingerprint density at radius 3 is 1.56 bits per heavy atom. The lowest BCUT2D eigenvalue weighted by Gasteiger charge is -2.09. The fourth-order valence-electron chi connectivity index (χ4n) is 2.22. The van der Waals surface area contributed by atoms with E-state index in [9.17, 15) is 14.4 Å². The van der Waals surface area contributed by atoms with Crippen molar-refractivity contribution < 1.29 is 29.3 Å². The Labute approximate surface area is 163 Å². The second-order valence-electron chi connectivity index (χ2n) is 6.65. The zero-order chi connectivity index (χ0) is 20.9. The molecule has 0 aromatic carbocycles. The first kappa shape index (κ1) is 27.3. The van der Waals surface area contributed by atoms with E-state index in [1.54, 1.807) is 0 Å². The Bertz CT molecular complexity index is 405. The van der Waals surface area contributed by atoms with Crippen LogP contribution in [0.1, 0.15) is 71.1 Å². The number of carbonyl (C=O) groups excluding carboxylic acids is 1. The van der Waals surface area contributed by atoms with Crippen LogP contribution in [0.15, 0.2) is 12.2 Å². The monoisotopic (exact) mass is 387 g/mol. The lowest BCUT2D eigenvalue weighted by molar-refractivity contribution is -0.144. The summed E-state index contributed by atoms with van der Waals surface area (Å²) in [7, 11) is 3.75. The van der Waals surface area contributed by atoms with Crippen molar-refractivity contribution in [1.29, 1.82) is 0 Å². The van der Waals surface area contributed by atoms with E-state index in [0.29, 0.717) is 25.3 Å². The van der Waals surface area contributed by atoms with Gasteiger partial charge in [0.25, 0.3) is 0 Å². The number of unbranched alkanes of at least 4 members (excludes halogenated alkanes) is 9. The number of esters is 1. The van der Waals surface area contributed by atoms with E-state index in [1.165, 1.54) is 57.8 Å². The number of hydrogen-bond donors (Lipinski definition) is 2. The standard InChI is InChI=1S/C16H33NO2.C4H4O4/c1-4-5-6-7-8-9-10-11-12-13-14-19-16(18)15-17(2)3;5-3(6)1-2-4(7)8/h4-15H2,1-3H3;1-2H,(H,5,6)(H,7,8)/b;2-1-. The van der Waals surface area contributed by atoms with E-state index in [1.807, 2.05) is 19.0 Å². The second kappa shape index (κ2) is 20.4. The molecule has 0 radical (unpaired) electrons. The summed E-state index contributed by atoms with van der Waals surface area (Å²) in [6, 6.07) is 0. The molecule has 0 saturated carbocycles. The average Bonchev–Trinajstić information content (AvgIpc) is 2.58. The third kappa shape index (κ3) is 29.1. The fourth-order valence-corrected chi connectivity index (χ4v) is 2.22. The highest BCUT2D eigenvalue weighted by Gasteiger charge is 2.03. The highest BCUT2D eigenvalue weighted by Crippen LogP contribution is 2.10. The Kier molecular flexibility index (Phi) is 20.7. The van der Waals surface area contributed by atoms with E-state index in [2.05, 4.69) is 6.92 Å². The van der Waals surface area contributed by atoms with Crippen LogP contribution in [0.5, 0.6) is 0 Å². The third-order valence-corrected chi connectivity index (χ3v) is 3.57. The molecule has 0 unspecified atom stereocenters. The average molecular weight is 388 g/mol. The van der Waals surface area contributed by atoms with E-state index in [-0.39, 0.29) is 5.97 Å². The molecule has 0 fully saturated rings. The van der Waals surface area contributed by atoms with E-state index in [0.717, 1.165) is 6.42 Å². The number of nitrogens with zero attached hydrogens (tertiary/aromatic N) is 1. The maximum absolute atomic E-state index is 11.2. The number of aliphatic carboxylic acids is 2. The van der Waals surface area contributed by atoms with Crippen molar-refractivity contribution in [2.24, 2.45) is 0 Å². The molecule has 2 N–H and O–H groups in total. The van der Waals surface area contributed by atoms with Gasteiger partial charge >= 0.3 is 17.9 Å². The van der Waals surface area contributed by atoms with Crippen LogP contribution in [0, 0.1) is 0 Å². The van der Waals surface area contributed by atoms with Crippen LogP contribution in [0.2, 0.25) is 0 Å². The molecule has 7 nitrogen and oxygen atoms in total. The summed E-state index contributed by atoms with van der Waals surface area (Å²) in [4.78, 5) is 32.2. The summed E-state index contributed by atoms with van der Waals surface area (Å²) in [5.74, 6) is -2.62. The fraction of sp³-hybridized carbons (Fsp3) is 0.750. The smallest absolute Gasteiger partial charge is 0.328 e. The molecule has 0 spiro atoms. The topological polar surface area (TPSA) is 104 Å². The van der Waals surface area contributed by atoms with Crippen LogP contribution in [-0.4, -0.2) is 60.3 Å². The maximum Gasteiger partial charge on any atom is 0.328 e. The number of hydrogen-bond acceptors (Lipinski definition) is 5. The maximum atomic E-state index is 11.2. The molecular formula is C20H37NO6. The molecule has 27 heavy (non-hydrogen) atoms. The van der Waals surface area contributed by atoms with Crippen molar-refractivity contribution in [1.82, 2.24) is 4.90 Å². The molecule has 0 amide bonds. The lowest BCUT2D eigenvalue weighted by atomic mass is 10.1. The Hall–Kier alpha value is -1.89. The minimum atomic E-state index is -1.26. The van der Waals surface area contributed by atoms with Crippen molar-refractivity contribution in [3.05, 3.63) is 12.2 Å². The van der Waals surface area contributed by atoms with Crippen LogP contribution in [-0.2, 0) is 19.1 Å². The highest BCUT2D eigenvalue weighted by molar-refractivity contribution is 5.89. The van der Waals surface area contributed by atoms with Gasteiger partial charge in [0, 0.05) is 12.2 Å². The molecule has 7 heteroatoms. The molecule has 0 aromatic heterocycles. The van der Waals surface area contributed by atoms with Crippen LogP contribution >= 0.6 is 0 Å². The summed E-state index contributed by atoms with van der Waals surface area (Å²) in [6.07, 6.45) is 14.2. The normalized spacial score (nSPS) is 10.5. The summed E-state index contributed by atoms with van der Waals surface area (Å²) < 4.78 is 5.14. The van der Waals surface area contributed by atoms with Gasteiger partial charge in [0.1, 0.15) is 0 Å². The molecule has 0 heterocycles. The van der Waals surface area contributed by atoms with Crippen LogP contribution in [0.25, 0.3) is 0 Å². The molecule has 0 aliphatic heterocycles. The van der Waals surface area contributed by atoms with Gasteiger partial charge in [-0.05, 0) is 20.5 Å². The number of rotatable bonds is 15. The zero-order valence-corrected chi connectivity index (χ0v) is 17.1. The zero-order valence-electron chi connectivity index (χ0n) is 17.1. The van der Waals surface area contributed by atoms with Crippen molar-refractivity contribution in [2.45, 2.75) is 71.1 Å². The first-order valence-corrected chi connectivity index (χ1v) is 9.73. The van der Waals surface area contributed by atoms with Crippen molar-refractivity contribution in [3.63, 3.8) is 0 Å². The van der Waals surface area contributed by atoms with Crippen LogP contribution < -0.4 is 0 Å². The predicted molar refractivity (Wildman–Crippen MR) is 106 cm³/mol. The molecule has 0 bridgehead atoms. The van der Waals surface area contributed by atoms with Gasteiger partial charge in [-0.15, -0.1) is 0 Å². The minimum Gasteiger partial charge on any atom is -0.478 e. The van der Waals surface area contributed by atoms with Crippen molar-refractivity contribution >= 4 is 17.9 Å². The van der Waals surface area contributed by atoms with Gasteiger partial charge in [-0.2, -0.15) is 0 Å². The Morgan fingerprint density at radius 2 is 1.19 bits per heavy atom. The highest BCUT2D eigenvalue weighted by atomic mass is 16.5. The van der Waals surface area contributed by atoms with E-state index >= 15 is 0 Å². The molecule has 0 aromatic rings. The molecule has 0 atom stereocenters. The van der Waals surface area contributed by atoms with Crippen LogP contribution in [0.4, 0.5) is 0 Å². The van der Waals surface area contributed by atoms with Crippen LogP contribution in [0.3, 0.4) is 0 Å². The summed E-state index contributed by atoms with van der Waals surface area (Å²) in [6.45, 7) is 3.23. The molecular weight excluding hydrogens is 350 g/mol. The first-order chi connectivity index (χ1) is 12.8. The van der Waals surface area contributed by atoms with Gasteiger partial charge in [-0.25, -0.2) is 9.59 Å². The Morgan fingerprint density at radius 1 is 0.778 bits per heavy atom. The van der Waals surface area contributed by atoms with Crippen molar-refractivity contribution in [3.8, 4) is 0 Å². The summed E-state index contributed by atoms with van der Waals surface area (Å²) >= 11 is 0. The molecule has 0 rings (SSSR count). The van der Waals surface area contributed by atoms with Gasteiger partial charge in [-0.1, -0.05) is 64.7 Å². The van der Waals surface area contributed by atoms with Crippen molar-refractivity contribution in [2.75, 3.05) is 27.2 Å². The number of carboxylic acid groups (broad SMARTS) is 2. The second-order valence-corrected chi connectivity index (χ2v) is 6.65. The minimum absolute atomic E-state index is 0.110. The predicted octanol–water partition coefficient (Wildman–Crippen LogP) is 3.72. The first-order valence-electron chi connectivity index (χ1n) is 9.73. The number of likely N-dealkylation sites (N-methyl/N-ethyl adjacent to an activating group) is 1. The van der Waals surface area contributed by atoms with Gasteiger partial charge in [0.15, 0.2) is 0 Å². The third-order valence-electron chi connectivity index (χ3n) is 3.57. The lowest BCUT2D eigenvalue weighted by Crippen LogP contribution is -2.23. The van der Waals surface area contributed by atoms with Gasteiger partial charge in [0.2, 0.25) is 0 Å². The Balaban J connectivity index is 0. The molecule has 0 aliphatic rings. The molecule has 158 valence electrons. The van der Waals surface area contributed by atoms with Gasteiger partial charge in [0.05, 0.1) is 13.2 Å². The summed E-state index contributed by atoms with van der Waals surface area (Å²) in [5, 5.41) is 15.6. The summed E-state index contributed by atoms with van der Waals surface area (Å²) in [5.41, 5.74) is 0.